The molecule has 0 radical (unpaired) electrons. The van der Waals surface area contributed by atoms with Crippen molar-refractivity contribution in [3.8, 4) is 0 Å². The molecule has 4 fully saturated rings. The maximum Gasteiger partial charge on any atom is 0.223 e. The summed E-state index contributed by atoms with van der Waals surface area (Å²) in [6, 6.07) is 0.560. The van der Waals surface area contributed by atoms with Gasteiger partial charge < -0.3 is 5.32 Å². The number of amides is 1. The maximum absolute atomic E-state index is 12.2. The normalized spacial score (nSPS) is 40.9. The highest BCUT2D eigenvalue weighted by Crippen LogP contribution is 2.54. The van der Waals surface area contributed by atoms with Crippen LogP contribution in [0, 0.1) is 29.6 Å². The molecule has 0 aromatic rings. The summed E-state index contributed by atoms with van der Waals surface area (Å²) in [6.45, 7) is 0. The van der Waals surface area contributed by atoms with Gasteiger partial charge in [0.15, 0.2) is 0 Å². The molecule has 0 saturated heterocycles. The van der Waals surface area contributed by atoms with E-state index in [2.05, 4.69) is 5.32 Å². The zero-order valence-corrected chi connectivity index (χ0v) is 9.82. The zero-order chi connectivity index (χ0) is 10.7. The second-order valence-electron chi connectivity index (χ2n) is 6.63. The van der Waals surface area contributed by atoms with Gasteiger partial charge in [0.25, 0.3) is 0 Å². The van der Waals surface area contributed by atoms with Crippen molar-refractivity contribution in [3.63, 3.8) is 0 Å². The molecule has 0 aromatic heterocycles. The summed E-state index contributed by atoms with van der Waals surface area (Å²) in [4.78, 5) is 12.2. The Bertz CT molecular complexity index is 297. The number of carbonyl (C=O) groups excluding carboxylic acids is 1. The van der Waals surface area contributed by atoms with E-state index in [0.29, 0.717) is 17.9 Å². The Balaban J connectivity index is 1.36. The van der Waals surface area contributed by atoms with Crippen molar-refractivity contribution in [2.24, 2.45) is 29.6 Å². The molecular formula is C14H21NO. The molecule has 4 aliphatic rings. The van der Waals surface area contributed by atoms with Crippen molar-refractivity contribution in [1.29, 1.82) is 0 Å². The second-order valence-corrected chi connectivity index (χ2v) is 6.63. The third-order valence-corrected chi connectivity index (χ3v) is 5.18. The van der Waals surface area contributed by atoms with Gasteiger partial charge in [0.2, 0.25) is 5.91 Å². The molecule has 0 spiro atoms. The lowest BCUT2D eigenvalue weighted by atomic mass is 10.0. The van der Waals surface area contributed by atoms with Gasteiger partial charge in [0, 0.05) is 12.0 Å². The van der Waals surface area contributed by atoms with Crippen LogP contribution in [0.2, 0.25) is 0 Å². The average molecular weight is 219 g/mol. The number of hydrogen-bond acceptors (Lipinski definition) is 1. The average Bonchev–Trinajstić information content (AvgIpc) is 3.14. The van der Waals surface area contributed by atoms with Crippen LogP contribution >= 0.6 is 0 Å². The van der Waals surface area contributed by atoms with Crippen molar-refractivity contribution < 1.29 is 4.79 Å². The lowest BCUT2D eigenvalue weighted by molar-refractivity contribution is -0.126. The second kappa shape index (κ2) is 3.24. The lowest BCUT2D eigenvalue weighted by Gasteiger charge is -2.20. The van der Waals surface area contributed by atoms with Gasteiger partial charge in [-0.2, -0.15) is 0 Å². The maximum atomic E-state index is 12.2. The summed E-state index contributed by atoms with van der Waals surface area (Å²) in [6.07, 6.45) is 9.24. The summed E-state index contributed by atoms with van der Waals surface area (Å²) in [7, 11) is 0. The van der Waals surface area contributed by atoms with Crippen molar-refractivity contribution in [2.45, 2.75) is 51.0 Å². The van der Waals surface area contributed by atoms with Crippen molar-refractivity contribution >= 4 is 5.91 Å². The third kappa shape index (κ3) is 1.66. The first-order valence-electron chi connectivity index (χ1n) is 7.11. The summed E-state index contributed by atoms with van der Waals surface area (Å²) >= 11 is 0. The molecule has 4 rings (SSSR count). The minimum atomic E-state index is 0.378. The molecule has 2 nitrogen and oxygen atoms in total. The minimum Gasteiger partial charge on any atom is -0.353 e. The Hall–Kier alpha value is -0.530. The van der Waals surface area contributed by atoms with E-state index in [4.69, 9.17) is 0 Å². The summed E-state index contributed by atoms with van der Waals surface area (Å²) in [5.41, 5.74) is 0. The van der Waals surface area contributed by atoms with Gasteiger partial charge in [-0.1, -0.05) is 0 Å². The van der Waals surface area contributed by atoms with E-state index in [-0.39, 0.29) is 0 Å². The molecule has 0 aromatic carbocycles. The van der Waals surface area contributed by atoms with Crippen molar-refractivity contribution in [1.82, 2.24) is 5.32 Å². The molecular weight excluding hydrogens is 198 g/mol. The third-order valence-electron chi connectivity index (χ3n) is 5.18. The summed E-state index contributed by atoms with van der Waals surface area (Å²) in [5, 5.41) is 3.38. The molecule has 2 atom stereocenters. The van der Waals surface area contributed by atoms with Gasteiger partial charge in [-0.3, -0.25) is 4.79 Å². The van der Waals surface area contributed by atoms with Crippen LogP contribution in [0.25, 0.3) is 0 Å². The Labute approximate surface area is 97.2 Å². The fourth-order valence-electron chi connectivity index (χ4n) is 3.74. The van der Waals surface area contributed by atoms with Crippen LogP contribution in [-0.2, 0) is 4.79 Å². The Morgan fingerprint density at radius 1 is 0.938 bits per heavy atom. The molecule has 0 heterocycles. The van der Waals surface area contributed by atoms with E-state index >= 15 is 0 Å². The largest absolute Gasteiger partial charge is 0.353 e. The molecule has 2 heteroatoms. The van der Waals surface area contributed by atoms with Crippen LogP contribution in [0.5, 0.6) is 0 Å². The number of rotatable bonds is 4. The van der Waals surface area contributed by atoms with E-state index in [1.807, 2.05) is 0 Å². The van der Waals surface area contributed by atoms with Crippen molar-refractivity contribution in [2.75, 3.05) is 0 Å². The predicted molar refractivity (Wildman–Crippen MR) is 61.7 cm³/mol. The van der Waals surface area contributed by atoms with Gasteiger partial charge in [0.05, 0.1) is 0 Å². The zero-order valence-electron chi connectivity index (χ0n) is 9.82. The highest BCUT2D eigenvalue weighted by atomic mass is 16.2. The van der Waals surface area contributed by atoms with Crippen LogP contribution in [0.3, 0.4) is 0 Å². The topological polar surface area (TPSA) is 29.1 Å². The van der Waals surface area contributed by atoms with Gasteiger partial charge >= 0.3 is 0 Å². The quantitative estimate of drug-likeness (QED) is 0.772. The Morgan fingerprint density at radius 3 is 2.00 bits per heavy atom. The monoisotopic (exact) mass is 219 g/mol. The van der Waals surface area contributed by atoms with E-state index in [9.17, 15) is 4.79 Å². The van der Waals surface area contributed by atoms with Crippen LogP contribution in [0.1, 0.15) is 44.9 Å². The predicted octanol–water partition coefficient (Wildman–Crippen LogP) is 2.34. The van der Waals surface area contributed by atoms with E-state index in [0.717, 1.165) is 23.7 Å². The first-order valence-corrected chi connectivity index (χ1v) is 7.11. The first-order chi connectivity index (χ1) is 7.81. The van der Waals surface area contributed by atoms with Gasteiger partial charge in [-0.15, -0.1) is 0 Å². The summed E-state index contributed by atoms with van der Waals surface area (Å²) in [5.74, 6) is 4.31. The van der Waals surface area contributed by atoms with E-state index in [1.165, 1.54) is 44.9 Å². The smallest absolute Gasteiger partial charge is 0.223 e. The minimum absolute atomic E-state index is 0.378. The standard InChI is InChI=1S/C14H21NO/c16-14(12-6-10-5-11(10)7-12)15-13(8-1-2-8)9-3-4-9/h8-13H,1-7H2,(H,15,16). The van der Waals surface area contributed by atoms with E-state index in [1.54, 1.807) is 0 Å². The van der Waals surface area contributed by atoms with Gasteiger partial charge in [0.1, 0.15) is 0 Å². The highest BCUT2D eigenvalue weighted by molar-refractivity contribution is 5.79. The number of nitrogens with one attached hydrogen (secondary N) is 1. The number of hydrogen-bond donors (Lipinski definition) is 1. The molecule has 2 unspecified atom stereocenters. The molecule has 1 N–H and O–H groups in total. The number of carbonyl (C=O) groups is 1. The van der Waals surface area contributed by atoms with Gasteiger partial charge in [-0.25, -0.2) is 0 Å². The first kappa shape index (κ1) is 9.49. The molecule has 4 saturated carbocycles. The van der Waals surface area contributed by atoms with Crippen LogP contribution < -0.4 is 5.32 Å². The molecule has 16 heavy (non-hydrogen) atoms. The highest BCUT2D eigenvalue weighted by Gasteiger charge is 2.49. The molecule has 0 aliphatic heterocycles. The summed E-state index contributed by atoms with van der Waals surface area (Å²) < 4.78 is 0. The van der Waals surface area contributed by atoms with Crippen molar-refractivity contribution in [3.05, 3.63) is 0 Å². The number of fused-ring (bicyclic) bond motifs is 1. The van der Waals surface area contributed by atoms with Crippen LogP contribution in [0.15, 0.2) is 0 Å². The fourth-order valence-corrected chi connectivity index (χ4v) is 3.74. The van der Waals surface area contributed by atoms with E-state index < -0.39 is 0 Å². The Kier molecular flexibility index (Phi) is 1.92. The molecule has 4 aliphatic carbocycles. The molecule has 1 amide bonds. The molecule has 88 valence electrons. The van der Waals surface area contributed by atoms with Crippen LogP contribution in [0.4, 0.5) is 0 Å². The molecule has 0 bridgehead atoms. The van der Waals surface area contributed by atoms with Crippen LogP contribution in [-0.4, -0.2) is 11.9 Å². The Morgan fingerprint density at radius 2 is 1.50 bits per heavy atom. The van der Waals surface area contributed by atoms with Gasteiger partial charge in [-0.05, 0) is 68.6 Å². The SMILES string of the molecule is O=C(NC(C1CC1)C1CC1)C1CC2CC2C1. The lowest BCUT2D eigenvalue weighted by Crippen LogP contribution is -2.41. The fraction of sp³-hybridized carbons (Fsp3) is 0.929.